The number of aromatic nitrogens is 1. The first-order chi connectivity index (χ1) is 11.8. The van der Waals surface area contributed by atoms with Gasteiger partial charge in [-0.1, -0.05) is 29.8 Å². The van der Waals surface area contributed by atoms with Crippen LogP contribution in [-0.2, 0) is 27.9 Å². The van der Waals surface area contributed by atoms with E-state index in [-0.39, 0.29) is 25.4 Å². The maximum absolute atomic E-state index is 12.0. The fourth-order valence-electron chi connectivity index (χ4n) is 2.17. The van der Waals surface area contributed by atoms with Crippen LogP contribution in [0.2, 0.25) is 5.02 Å². The van der Waals surface area contributed by atoms with Gasteiger partial charge in [0.2, 0.25) is 15.9 Å². The third-order valence-corrected chi connectivity index (χ3v) is 5.04. The predicted octanol–water partition coefficient (Wildman–Crippen LogP) is 2.20. The maximum Gasteiger partial charge on any atom is 0.221 e. The Hall–Kier alpha value is -1.96. The quantitative estimate of drug-likeness (QED) is 0.760. The van der Waals surface area contributed by atoms with Crippen molar-refractivity contribution in [2.75, 3.05) is 12.8 Å². The van der Waals surface area contributed by atoms with Crippen LogP contribution in [0.3, 0.4) is 0 Å². The molecule has 25 heavy (non-hydrogen) atoms. The molecule has 1 aromatic carbocycles. The maximum atomic E-state index is 12.0. The van der Waals surface area contributed by atoms with Gasteiger partial charge in [-0.3, -0.25) is 9.78 Å². The molecule has 134 valence electrons. The molecule has 1 aromatic heterocycles. The number of benzene rings is 1. The summed E-state index contributed by atoms with van der Waals surface area (Å²) >= 11 is 5.84. The molecule has 1 heterocycles. The SMILES string of the molecule is CS(=O)(=O)N(CCC(=O)NCc1cccnc1)Cc1ccc(Cl)cc1. The molecular weight excluding hydrogens is 362 g/mol. The number of rotatable bonds is 8. The number of nitrogens with one attached hydrogen (secondary N) is 1. The molecule has 0 spiro atoms. The molecule has 0 radical (unpaired) electrons. The molecule has 2 aromatic rings. The normalized spacial score (nSPS) is 11.5. The Kier molecular flexibility index (Phi) is 6.92. The standard InChI is InChI=1S/C17H20ClN3O3S/c1-25(23,24)21(13-14-4-6-16(18)7-5-14)10-8-17(22)20-12-15-3-2-9-19-11-15/h2-7,9,11H,8,10,12-13H2,1H3,(H,20,22). The summed E-state index contributed by atoms with van der Waals surface area (Å²) in [6.07, 6.45) is 4.55. The summed E-state index contributed by atoms with van der Waals surface area (Å²) in [5.74, 6) is -0.214. The summed E-state index contributed by atoms with van der Waals surface area (Å²) in [5.41, 5.74) is 1.70. The van der Waals surface area contributed by atoms with E-state index >= 15 is 0 Å². The molecule has 0 saturated carbocycles. The zero-order chi connectivity index (χ0) is 18.3. The Morgan fingerprint density at radius 2 is 1.92 bits per heavy atom. The van der Waals surface area contributed by atoms with E-state index in [1.807, 2.05) is 6.07 Å². The van der Waals surface area contributed by atoms with E-state index in [1.54, 1.807) is 42.7 Å². The highest BCUT2D eigenvalue weighted by molar-refractivity contribution is 7.88. The second-order valence-electron chi connectivity index (χ2n) is 5.61. The third kappa shape index (κ3) is 6.81. The van der Waals surface area contributed by atoms with Gasteiger partial charge in [0.15, 0.2) is 0 Å². The van der Waals surface area contributed by atoms with Crippen molar-refractivity contribution in [3.05, 3.63) is 64.9 Å². The van der Waals surface area contributed by atoms with Gasteiger partial charge in [0.05, 0.1) is 6.26 Å². The molecule has 2 rings (SSSR count). The van der Waals surface area contributed by atoms with E-state index in [4.69, 9.17) is 11.6 Å². The lowest BCUT2D eigenvalue weighted by molar-refractivity contribution is -0.121. The van der Waals surface area contributed by atoms with Gasteiger partial charge in [0, 0.05) is 43.5 Å². The molecule has 1 amide bonds. The van der Waals surface area contributed by atoms with Gasteiger partial charge in [-0.05, 0) is 29.3 Å². The fraction of sp³-hybridized carbons (Fsp3) is 0.294. The van der Waals surface area contributed by atoms with E-state index in [1.165, 1.54) is 4.31 Å². The minimum Gasteiger partial charge on any atom is -0.352 e. The minimum absolute atomic E-state index is 0.0842. The smallest absolute Gasteiger partial charge is 0.221 e. The second-order valence-corrected chi connectivity index (χ2v) is 8.03. The van der Waals surface area contributed by atoms with Crippen molar-refractivity contribution in [1.29, 1.82) is 0 Å². The lowest BCUT2D eigenvalue weighted by atomic mass is 10.2. The number of nitrogens with zero attached hydrogens (tertiary/aromatic N) is 2. The van der Waals surface area contributed by atoms with Crippen LogP contribution in [0.25, 0.3) is 0 Å². The van der Waals surface area contributed by atoms with Gasteiger partial charge in [0.1, 0.15) is 0 Å². The van der Waals surface area contributed by atoms with Crippen molar-refractivity contribution in [1.82, 2.24) is 14.6 Å². The molecular formula is C17H20ClN3O3S. The fourth-order valence-corrected chi connectivity index (χ4v) is 3.11. The molecule has 0 saturated heterocycles. The van der Waals surface area contributed by atoms with Crippen LogP contribution in [0.15, 0.2) is 48.8 Å². The predicted molar refractivity (Wildman–Crippen MR) is 97.4 cm³/mol. The largest absolute Gasteiger partial charge is 0.352 e. The van der Waals surface area contributed by atoms with Crippen molar-refractivity contribution in [2.45, 2.75) is 19.5 Å². The molecule has 0 unspecified atom stereocenters. The molecule has 0 aliphatic rings. The van der Waals surface area contributed by atoms with Crippen LogP contribution in [0.4, 0.5) is 0 Å². The van der Waals surface area contributed by atoms with Crippen LogP contribution in [0.1, 0.15) is 17.5 Å². The van der Waals surface area contributed by atoms with Crippen LogP contribution in [0.5, 0.6) is 0 Å². The molecule has 1 N–H and O–H groups in total. The summed E-state index contributed by atoms with van der Waals surface area (Å²) in [7, 11) is -3.43. The minimum atomic E-state index is -3.43. The van der Waals surface area contributed by atoms with E-state index in [2.05, 4.69) is 10.3 Å². The average Bonchev–Trinajstić information content (AvgIpc) is 2.58. The summed E-state index contributed by atoms with van der Waals surface area (Å²) < 4.78 is 25.2. The number of hydrogen-bond acceptors (Lipinski definition) is 4. The van der Waals surface area contributed by atoms with Gasteiger partial charge in [-0.2, -0.15) is 4.31 Å². The van der Waals surface area contributed by atoms with E-state index < -0.39 is 10.0 Å². The van der Waals surface area contributed by atoms with E-state index in [9.17, 15) is 13.2 Å². The van der Waals surface area contributed by atoms with Gasteiger partial charge in [-0.25, -0.2) is 8.42 Å². The third-order valence-electron chi connectivity index (χ3n) is 3.54. The van der Waals surface area contributed by atoms with E-state index in [0.717, 1.165) is 17.4 Å². The topological polar surface area (TPSA) is 79.4 Å². The summed E-state index contributed by atoms with van der Waals surface area (Å²) in [6, 6.07) is 10.6. The Labute approximate surface area is 152 Å². The van der Waals surface area contributed by atoms with Gasteiger partial charge < -0.3 is 5.32 Å². The van der Waals surface area contributed by atoms with Crippen LogP contribution < -0.4 is 5.32 Å². The highest BCUT2D eigenvalue weighted by Crippen LogP contribution is 2.13. The van der Waals surface area contributed by atoms with Crippen LogP contribution in [0, 0.1) is 0 Å². The Morgan fingerprint density at radius 1 is 1.20 bits per heavy atom. The van der Waals surface area contributed by atoms with Gasteiger partial charge in [0.25, 0.3) is 0 Å². The Morgan fingerprint density at radius 3 is 2.52 bits per heavy atom. The molecule has 0 fully saturated rings. The van der Waals surface area contributed by atoms with Crippen molar-refractivity contribution < 1.29 is 13.2 Å². The van der Waals surface area contributed by atoms with Crippen molar-refractivity contribution >= 4 is 27.5 Å². The van der Waals surface area contributed by atoms with Crippen molar-refractivity contribution in [2.24, 2.45) is 0 Å². The summed E-state index contributed by atoms with van der Waals surface area (Å²) in [4.78, 5) is 15.9. The molecule has 8 heteroatoms. The lowest BCUT2D eigenvalue weighted by Crippen LogP contribution is -2.34. The highest BCUT2D eigenvalue weighted by Gasteiger charge is 2.18. The summed E-state index contributed by atoms with van der Waals surface area (Å²) in [5, 5.41) is 3.35. The molecule has 0 aliphatic heterocycles. The number of hydrogen-bond donors (Lipinski definition) is 1. The number of halogens is 1. The lowest BCUT2D eigenvalue weighted by Gasteiger charge is -2.20. The number of amides is 1. The van der Waals surface area contributed by atoms with Gasteiger partial charge >= 0.3 is 0 Å². The molecule has 0 aliphatic carbocycles. The summed E-state index contributed by atoms with van der Waals surface area (Å²) in [6.45, 7) is 0.676. The monoisotopic (exact) mass is 381 g/mol. The number of carbonyl (C=O) groups excluding carboxylic acids is 1. The zero-order valence-corrected chi connectivity index (χ0v) is 15.4. The van der Waals surface area contributed by atoms with Gasteiger partial charge in [-0.15, -0.1) is 0 Å². The van der Waals surface area contributed by atoms with Crippen molar-refractivity contribution in [3.63, 3.8) is 0 Å². The number of sulfonamides is 1. The Bertz CT molecular complexity index is 796. The number of pyridine rings is 1. The average molecular weight is 382 g/mol. The molecule has 0 bridgehead atoms. The first-order valence-electron chi connectivity index (χ1n) is 7.70. The molecule has 0 atom stereocenters. The zero-order valence-electron chi connectivity index (χ0n) is 13.9. The van der Waals surface area contributed by atoms with Crippen molar-refractivity contribution in [3.8, 4) is 0 Å². The number of carbonyl (C=O) groups is 1. The van der Waals surface area contributed by atoms with E-state index in [0.29, 0.717) is 11.6 Å². The second kappa shape index (κ2) is 8.94. The van der Waals surface area contributed by atoms with Crippen LogP contribution >= 0.6 is 11.6 Å². The first kappa shape index (κ1) is 19.4. The molecule has 6 nitrogen and oxygen atoms in total. The highest BCUT2D eigenvalue weighted by atomic mass is 35.5. The van der Waals surface area contributed by atoms with Crippen LogP contribution in [-0.4, -0.2) is 36.4 Å². The first-order valence-corrected chi connectivity index (χ1v) is 9.92. The Balaban J connectivity index is 1.89.